The number of benzene rings is 2. The highest BCUT2D eigenvalue weighted by Gasteiger charge is 2.49. The van der Waals surface area contributed by atoms with Gasteiger partial charge in [-0.25, -0.2) is 4.79 Å². The van der Waals surface area contributed by atoms with E-state index < -0.39 is 11.6 Å². The summed E-state index contributed by atoms with van der Waals surface area (Å²) in [6.45, 7) is 5.46. The second-order valence-electron chi connectivity index (χ2n) is 6.81. The minimum Gasteiger partial charge on any atom is -0.361 e. The Kier molecular flexibility index (Phi) is 3.57. The van der Waals surface area contributed by atoms with E-state index in [9.17, 15) is 9.59 Å². The average molecular weight is 349 g/mol. The van der Waals surface area contributed by atoms with Crippen molar-refractivity contribution in [3.05, 3.63) is 65.0 Å². The van der Waals surface area contributed by atoms with Crippen molar-refractivity contribution >= 4 is 22.7 Å². The van der Waals surface area contributed by atoms with Crippen LogP contribution in [-0.2, 0) is 16.9 Å². The Morgan fingerprint density at radius 1 is 1.12 bits per heavy atom. The molecule has 0 aliphatic carbocycles. The number of nitrogens with one attached hydrogen (secondary N) is 1. The number of aromatic nitrogens is 1. The number of hydrogen-bond donors (Lipinski definition) is 1. The molecule has 1 atom stereocenters. The van der Waals surface area contributed by atoms with Crippen molar-refractivity contribution in [2.45, 2.75) is 32.9 Å². The second-order valence-corrected chi connectivity index (χ2v) is 6.81. The molecule has 1 aliphatic rings. The van der Waals surface area contributed by atoms with E-state index in [0.717, 1.165) is 21.9 Å². The van der Waals surface area contributed by atoms with E-state index in [0.29, 0.717) is 11.5 Å². The first-order chi connectivity index (χ1) is 12.4. The van der Waals surface area contributed by atoms with Gasteiger partial charge in [0.25, 0.3) is 5.91 Å². The standard InChI is InChI=1S/C20H19N3O3/c1-12-17(13(2)26-22-12)11-23-18(24)20(3,21-19(23)25)16-9-8-14-6-4-5-7-15(14)10-16/h4-10H,11H2,1-3H3,(H,21,25)/t20-/m0/s1. The lowest BCUT2D eigenvalue weighted by molar-refractivity contribution is -0.131. The van der Waals surface area contributed by atoms with E-state index in [1.54, 1.807) is 20.8 Å². The molecule has 0 saturated carbocycles. The number of amides is 3. The third kappa shape index (κ3) is 2.37. The Balaban J connectivity index is 1.70. The number of carbonyl (C=O) groups is 2. The van der Waals surface area contributed by atoms with Crippen LogP contribution < -0.4 is 5.32 Å². The molecule has 0 spiro atoms. The molecule has 6 heteroatoms. The molecule has 1 saturated heterocycles. The van der Waals surface area contributed by atoms with Gasteiger partial charge in [-0.1, -0.05) is 41.6 Å². The molecule has 0 radical (unpaired) electrons. The van der Waals surface area contributed by atoms with Crippen molar-refractivity contribution in [3.8, 4) is 0 Å². The number of aryl methyl sites for hydroxylation is 2. The van der Waals surface area contributed by atoms with Crippen LogP contribution in [0.1, 0.15) is 29.5 Å². The first kappa shape index (κ1) is 16.3. The molecule has 6 nitrogen and oxygen atoms in total. The van der Waals surface area contributed by atoms with Crippen LogP contribution in [0.15, 0.2) is 47.0 Å². The zero-order valence-corrected chi connectivity index (χ0v) is 14.9. The van der Waals surface area contributed by atoms with Crippen LogP contribution in [0, 0.1) is 13.8 Å². The molecular weight excluding hydrogens is 330 g/mol. The molecule has 1 aliphatic heterocycles. The SMILES string of the molecule is Cc1noc(C)c1CN1C(=O)N[C@@](C)(c2ccc3ccccc3c2)C1=O. The van der Waals surface area contributed by atoms with Crippen LogP contribution in [0.3, 0.4) is 0 Å². The molecular formula is C20H19N3O3. The normalized spacial score (nSPS) is 20.0. The number of rotatable bonds is 3. The number of urea groups is 1. The molecule has 2 aromatic carbocycles. The molecule has 4 rings (SSSR count). The molecule has 3 aromatic rings. The number of nitrogens with zero attached hydrogens (tertiary/aromatic N) is 2. The first-order valence-electron chi connectivity index (χ1n) is 8.45. The molecule has 132 valence electrons. The number of carbonyl (C=O) groups excluding carboxylic acids is 2. The molecule has 1 N–H and O–H groups in total. The number of imide groups is 1. The summed E-state index contributed by atoms with van der Waals surface area (Å²) in [6, 6.07) is 13.3. The Labute approximate surface area is 150 Å². The van der Waals surface area contributed by atoms with Crippen molar-refractivity contribution in [2.24, 2.45) is 0 Å². The molecule has 2 heterocycles. The van der Waals surface area contributed by atoms with Gasteiger partial charge in [-0.15, -0.1) is 0 Å². The summed E-state index contributed by atoms with van der Waals surface area (Å²) in [6.07, 6.45) is 0. The summed E-state index contributed by atoms with van der Waals surface area (Å²) in [7, 11) is 0. The average Bonchev–Trinajstić information content (AvgIpc) is 3.07. The Hall–Kier alpha value is -3.15. The summed E-state index contributed by atoms with van der Waals surface area (Å²) in [5.41, 5.74) is 1.11. The highest BCUT2D eigenvalue weighted by Crippen LogP contribution is 2.32. The fourth-order valence-electron chi connectivity index (χ4n) is 3.42. The van der Waals surface area contributed by atoms with Crippen LogP contribution in [0.2, 0.25) is 0 Å². The van der Waals surface area contributed by atoms with Gasteiger partial charge in [0.05, 0.1) is 12.2 Å². The molecule has 0 bridgehead atoms. The molecule has 1 fully saturated rings. The summed E-state index contributed by atoms with van der Waals surface area (Å²) < 4.78 is 5.14. The van der Waals surface area contributed by atoms with E-state index in [-0.39, 0.29) is 12.5 Å². The van der Waals surface area contributed by atoms with E-state index in [2.05, 4.69) is 10.5 Å². The smallest absolute Gasteiger partial charge is 0.325 e. The first-order valence-corrected chi connectivity index (χ1v) is 8.45. The second kappa shape index (κ2) is 5.69. The lowest BCUT2D eigenvalue weighted by atomic mass is 9.90. The van der Waals surface area contributed by atoms with E-state index in [4.69, 9.17) is 4.52 Å². The van der Waals surface area contributed by atoms with Crippen molar-refractivity contribution in [1.82, 2.24) is 15.4 Å². The van der Waals surface area contributed by atoms with Gasteiger partial charge in [0.2, 0.25) is 0 Å². The maximum Gasteiger partial charge on any atom is 0.325 e. The predicted octanol–water partition coefficient (Wildman–Crippen LogP) is 3.41. The monoisotopic (exact) mass is 349 g/mol. The number of fused-ring (bicyclic) bond motifs is 1. The molecule has 3 amide bonds. The van der Waals surface area contributed by atoms with Crippen LogP contribution in [0.4, 0.5) is 4.79 Å². The lowest BCUT2D eigenvalue weighted by Crippen LogP contribution is -2.40. The van der Waals surface area contributed by atoms with E-state index >= 15 is 0 Å². The minimum atomic E-state index is -1.10. The maximum atomic E-state index is 13.1. The maximum absolute atomic E-state index is 13.1. The van der Waals surface area contributed by atoms with Crippen LogP contribution in [0.25, 0.3) is 10.8 Å². The molecule has 0 unspecified atom stereocenters. The van der Waals surface area contributed by atoms with E-state index in [1.165, 1.54) is 4.90 Å². The zero-order valence-electron chi connectivity index (χ0n) is 14.9. The summed E-state index contributed by atoms with van der Waals surface area (Å²) in [5.74, 6) is 0.334. The van der Waals surface area contributed by atoms with Gasteiger partial charge >= 0.3 is 6.03 Å². The van der Waals surface area contributed by atoms with Crippen molar-refractivity contribution in [1.29, 1.82) is 0 Å². The Morgan fingerprint density at radius 3 is 2.54 bits per heavy atom. The fourth-order valence-corrected chi connectivity index (χ4v) is 3.42. The molecule has 1 aromatic heterocycles. The van der Waals surface area contributed by atoms with Crippen molar-refractivity contribution in [2.75, 3.05) is 0 Å². The predicted molar refractivity (Wildman–Crippen MR) is 96.4 cm³/mol. The van der Waals surface area contributed by atoms with Crippen LogP contribution in [-0.4, -0.2) is 22.0 Å². The Morgan fingerprint density at radius 2 is 1.85 bits per heavy atom. The third-order valence-electron chi connectivity index (χ3n) is 5.10. The minimum absolute atomic E-state index is 0.148. The topological polar surface area (TPSA) is 75.4 Å². The summed E-state index contributed by atoms with van der Waals surface area (Å²) in [4.78, 5) is 26.9. The van der Waals surface area contributed by atoms with Gasteiger partial charge in [-0.2, -0.15) is 0 Å². The summed E-state index contributed by atoms with van der Waals surface area (Å²) in [5, 5.41) is 8.85. The largest absolute Gasteiger partial charge is 0.361 e. The van der Waals surface area contributed by atoms with Crippen molar-refractivity contribution < 1.29 is 14.1 Å². The van der Waals surface area contributed by atoms with Crippen LogP contribution >= 0.6 is 0 Å². The van der Waals surface area contributed by atoms with Crippen LogP contribution in [0.5, 0.6) is 0 Å². The molecule has 26 heavy (non-hydrogen) atoms. The van der Waals surface area contributed by atoms with Gasteiger partial charge in [-0.3, -0.25) is 9.69 Å². The van der Waals surface area contributed by atoms with Gasteiger partial charge < -0.3 is 9.84 Å². The van der Waals surface area contributed by atoms with Gasteiger partial charge in [0.15, 0.2) is 0 Å². The van der Waals surface area contributed by atoms with Crippen molar-refractivity contribution in [3.63, 3.8) is 0 Å². The Bertz CT molecular complexity index is 1020. The third-order valence-corrected chi connectivity index (χ3v) is 5.10. The van der Waals surface area contributed by atoms with Gasteiger partial charge in [0, 0.05) is 5.56 Å². The fraction of sp³-hybridized carbons (Fsp3) is 0.250. The lowest BCUT2D eigenvalue weighted by Gasteiger charge is -2.22. The quantitative estimate of drug-likeness (QED) is 0.735. The zero-order chi connectivity index (χ0) is 18.5. The number of hydrogen-bond acceptors (Lipinski definition) is 4. The van der Waals surface area contributed by atoms with Gasteiger partial charge in [-0.05, 0) is 43.2 Å². The highest BCUT2D eigenvalue weighted by atomic mass is 16.5. The highest BCUT2D eigenvalue weighted by molar-refractivity contribution is 6.07. The van der Waals surface area contributed by atoms with Gasteiger partial charge in [0.1, 0.15) is 11.3 Å². The summed E-state index contributed by atoms with van der Waals surface area (Å²) >= 11 is 0. The van der Waals surface area contributed by atoms with E-state index in [1.807, 2.05) is 42.5 Å².